The van der Waals surface area contributed by atoms with Gasteiger partial charge in [0.25, 0.3) is 0 Å². The molecule has 0 bridgehead atoms. The highest BCUT2D eigenvalue weighted by molar-refractivity contribution is 5.89. The van der Waals surface area contributed by atoms with Crippen LogP contribution in [0.15, 0.2) is 60.7 Å². The third kappa shape index (κ3) is 4.91. The average molecular weight is 339 g/mol. The molecule has 3 rings (SSSR count). The number of carbonyl (C=O) groups is 1. The van der Waals surface area contributed by atoms with Gasteiger partial charge in [-0.1, -0.05) is 48.5 Å². The first-order valence-corrected chi connectivity index (χ1v) is 8.80. The molecule has 1 aliphatic heterocycles. The van der Waals surface area contributed by atoms with Crippen molar-refractivity contribution >= 4 is 5.97 Å². The summed E-state index contributed by atoms with van der Waals surface area (Å²) in [5, 5.41) is 0. The van der Waals surface area contributed by atoms with Gasteiger partial charge in [-0.15, -0.1) is 0 Å². The number of rotatable bonds is 7. The van der Waals surface area contributed by atoms with E-state index in [0.717, 1.165) is 12.8 Å². The van der Waals surface area contributed by atoms with Gasteiger partial charge in [0, 0.05) is 12.1 Å². The summed E-state index contributed by atoms with van der Waals surface area (Å²) < 4.78 is 11.4. The Kier molecular flexibility index (Phi) is 6.20. The van der Waals surface area contributed by atoms with Crippen LogP contribution in [0.25, 0.3) is 0 Å². The molecule has 2 atom stereocenters. The smallest absolute Gasteiger partial charge is 0.338 e. The second-order valence-electron chi connectivity index (χ2n) is 6.52. The summed E-state index contributed by atoms with van der Waals surface area (Å²) >= 11 is 0. The molecule has 2 aromatic rings. The fraction of sp³-hybridized carbons (Fsp3) is 0.381. The van der Waals surface area contributed by atoms with Gasteiger partial charge in [-0.3, -0.25) is 4.90 Å². The van der Waals surface area contributed by atoms with E-state index in [9.17, 15) is 4.79 Å². The fourth-order valence-electron chi connectivity index (χ4n) is 3.21. The van der Waals surface area contributed by atoms with Gasteiger partial charge in [-0.05, 0) is 37.6 Å². The Bertz CT molecular complexity index is 659. The van der Waals surface area contributed by atoms with Crippen molar-refractivity contribution in [1.82, 2.24) is 4.90 Å². The van der Waals surface area contributed by atoms with E-state index in [1.54, 1.807) is 12.1 Å². The molecule has 0 aliphatic carbocycles. The van der Waals surface area contributed by atoms with Crippen molar-refractivity contribution in [3.63, 3.8) is 0 Å². The number of benzene rings is 2. The van der Waals surface area contributed by atoms with Crippen LogP contribution in [0.4, 0.5) is 0 Å². The molecule has 0 spiro atoms. The molecule has 1 saturated heterocycles. The first-order chi connectivity index (χ1) is 12.2. The van der Waals surface area contributed by atoms with Crippen LogP contribution in [0.1, 0.15) is 28.8 Å². The summed E-state index contributed by atoms with van der Waals surface area (Å²) in [4.78, 5) is 14.3. The second kappa shape index (κ2) is 8.79. The maximum Gasteiger partial charge on any atom is 0.338 e. The number of likely N-dealkylation sites (tertiary alicyclic amines) is 1. The highest BCUT2D eigenvalue weighted by Crippen LogP contribution is 2.23. The van der Waals surface area contributed by atoms with Gasteiger partial charge < -0.3 is 9.47 Å². The van der Waals surface area contributed by atoms with Crippen molar-refractivity contribution in [2.75, 3.05) is 20.3 Å². The summed E-state index contributed by atoms with van der Waals surface area (Å²) in [5.41, 5.74) is 1.79. The number of esters is 1. The molecule has 1 aliphatic rings. The highest BCUT2D eigenvalue weighted by Gasteiger charge is 2.31. The van der Waals surface area contributed by atoms with Crippen molar-refractivity contribution in [3.05, 3.63) is 71.8 Å². The number of nitrogens with zero attached hydrogens (tertiary/aromatic N) is 1. The van der Waals surface area contributed by atoms with Crippen molar-refractivity contribution < 1.29 is 14.3 Å². The van der Waals surface area contributed by atoms with Crippen molar-refractivity contribution in [2.45, 2.75) is 31.5 Å². The molecule has 0 amide bonds. The zero-order valence-corrected chi connectivity index (χ0v) is 14.6. The Balaban J connectivity index is 1.41. The molecule has 0 saturated carbocycles. The van der Waals surface area contributed by atoms with E-state index in [-0.39, 0.29) is 12.0 Å². The van der Waals surface area contributed by atoms with E-state index < -0.39 is 0 Å². The molecule has 0 N–H and O–H groups in total. The lowest BCUT2D eigenvalue weighted by Crippen LogP contribution is -2.38. The number of ether oxygens (including phenoxy) is 2. The summed E-state index contributed by atoms with van der Waals surface area (Å²) in [6, 6.07) is 20.0. The van der Waals surface area contributed by atoms with E-state index in [2.05, 4.69) is 24.1 Å². The minimum absolute atomic E-state index is 0.252. The molecule has 4 heteroatoms. The van der Waals surface area contributed by atoms with E-state index >= 15 is 0 Å². The molecule has 0 unspecified atom stereocenters. The van der Waals surface area contributed by atoms with Gasteiger partial charge in [0.15, 0.2) is 0 Å². The molecule has 1 heterocycles. The lowest BCUT2D eigenvalue weighted by atomic mass is 10.2. The summed E-state index contributed by atoms with van der Waals surface area (Å²) in [6.45, 7) is 1.77. The maximum atomic E-state index is 12.1. The largest absolute Gasteiger partial charge is 0.460 e. The molecule has 132 valence electrons. The first-order valence-electron chi connectivity index (χ1n) is 8.80. The minimum Gasteiger partial charge on any atom is -0.460 e. The second-order valence-corrected chi connectivity index (χ2v) is 6.52. The van der Waals surface area contributed by atoms with E-state index in [1.807, 2.05) is 36.4 Å². The van der Waals surface area contributed by atoms with Gasteiger partial charge in [-0.2, -0.15) is 0 Å². The number of hydrogen-bond donors (Lipinski definition) is 0. The quantitative estimate of drug-likeness (QED) is 0.724. The Hall–Kier alpha value is -2.17. The van der Waals surface area contributed by atoms with Gasteiger partial charge >= 0.3 is 5.97 Å². The van der Waals surface area contributed by atoms with Gasteiger partial charge in [0.2, 0.25) is 0 Å². The molecular formula is C21H25NO3. The van der Waals surface area contributed by atoms with E-state index in [0.29, 0.717) is 31.4 Å². The number of carbonyl (C=O) groups excluding carboxylic acids is 1. The average Bonchev–Trinajstić information content (AvgIpc) is 3.01. The highest BCUT2D eigenvalue weighted by atomic mass is 16.5. The van der Waals surface area contributed by atoms with Crippen LogP contribution in [0, 0.1) is 0 Å². The molecule has 4 nitrogen and oxygen atoms in total. The summed E-state index contributed by atoms with van der Waals surface area (Å²) in [6.07, 6.45) is 2.09. The van der Waals surface area contributed by atoms with Crippen molar-refractivity contribution in [3.8, 4) is 0 Å². The minimum atomic E-state index is -0.252. The number of likely N-dealkylation sites (N-methyl/N-ethyl adjacent to an activating group) is 1. The van der Waals surface area contributed by atoms with Crippen molar-refractivity contribution in [1.29, 1.82) is 0 Å². The standard InChI is InChI=1S/C21H25NO3/c1-22-19(15-24-14-17-8-4-2-5-9-17)12-13-20(22)16-25-21(23)18-10-6-3-7-11-18/h2-11,19-20H,12-16H2,1H3/t19-,20-/m0/s1. The topological polar surface area (TPSA) is 38.8 Å². The van der Waals surface area contributed by atoms with Crippen LogP contribution in [0.2, 0.25) is 0 Å². The Morgan fingerprint density at radius 2 is 1.56 bits per heavy atom. The van der Waals surface area contributed by atoms with Crippen LogP contribution in [-0.2, 0) is 16.1 Å². The molecule has 2 aromatic carbocycles. The SMILES string of the molecule is CN1[C@H](COCc2ccccc2)CC[C@H]1COC(=O)c1ccccc1. The van der Waals surface area contributed by atoms with Crippen LogP contribution in [0.5, 0.6) is 0 Å². The van der Waals surface area contributed by atoms with Gasteiger partial charge in [0.05, 0.1) is 18.8 Å². The third-order valence-electron chi connectivity index (χ3n) is 4.82. The van der Waals surface area contributed by atoms with E-state index in [1.165, 1.54) is 5.56 Å². The predicted octanol–water partition coefficient (Wildman–Crippen LogP) is 3.52. The van der Waals surface area contributed by atoms with Crippen LogP contribution >= 0.6 is 0 Å². The fourth-order valence-corrected chi connectivity index (χ4v) is 3.21. The van der Waals surface area contributed by atoms with Crippen LogP contribution in [-0.4, -0.2) is 43.2 Å². The normalized spacial score (nSPS) is 20.5. The molecule has 1 fully saturated rings. The molecule has 0 radical (unpaired) electrons. The maximum absolute atomic E-state index is 12.1. The molecular weight excluding hydrogens is 314 g/mol. The summed E-state index contributed by atoms with van der Waals surface area (Å²) in [5.74, 6) is -0.252. The van der Waals surface area contributed by atoms with Crippen molar-refractivity contribution in [2.24, 2.45) is 0 Å². The number of hydrogen-bond acceptors (Lipinski definition) is 4. The zero-order chi connectivity index (χ0) is 17.5. The predicted molar refractivity (Wildman–Crippen MR) is 97.4 cm³/mol. The molecule has 0 aromatic heterocycles. The van der Waals surface area contributed by atoms with Crippen LogP contribution < -0.4 is 0 Å². The van der Waals surface area contributed by atoms with E-state index in [4.69, 9.17) is 9.47 Å². The lowest BCUT2D eigenvalue weighted by Gasteiger charge is -2.25. The Morgan fingerprint density at radius 1 is 0.960 bits per heavy atom. The van der Waals surface area contributed by atoms with Gasteiger partial charge in [-0.25, -0.2) is 4.79 Å². The van der Waals surface area contributed by atoms with Gasteiger partial charge in [0.1, 0.15) is 6.61 Å². The first kappa shape index (κ1) is 17.6. The lowest BCUT2D eigenvalue weighted by molar-refractivity contribution is 0.0314. The summed E-state index contributed by atoms with van der Waals surface area (Å²) in [7, 11) is 2.09. The Labute approximate surface area is 149 Å². The Morgan fingerprint density at radius 3 is 2.24 bits per heavy atom. The monoisotopic (exact) mass is 339 g/mol. The van der Waals surface area contributed by atoms with Crippen LogP contribution in [0.3, 0.4) is 0 Å². The zero-order valence-electron chi connectivity index (χ0n) is 14.6. The third-order valence-corrected chi connectivity index (χ3v) is 4.82. The molecule has 25 heavy (non-hydrogen) atoms.